The van der Waals surface area contributed by atoms with E-state index in [1.165, 1.54) is 0 Å². The summed E-state index contributed by atoms with van der Waals surface area (Å²) in [5.74, 6) is 0.674. The van der Waals surface area contributed by atoms with Crippen molar-refractivity contribution in [2.45, 2.75) is 32.0 Å². The molecule has 0 saturated heterocycles. The first-order valence-electron chi connectivity index (χ1n) is 25.3. The van der Waals surface area contributed by atoms with E-state index in [1.54, 1.807) is 30.3 Å². The molecule has 74 heavy (non-hydrogen) atoms. The van der Waals surface area contributed by atoms with Crippen molar-refractivity contribution in [3.8, 4) is 0 Å². The van der Waals surface area contributed by atoms with Crippen molar-refractivity contribution < 1.29 is 23.8 Å². The Morgan fingerprint density at radius 3 is 1.14 bits per heavy atom. The number of benzene rings is 8. The predicted octanol–water partition coefficient (Wildman–Crippen LogP) is 14.7. The van der Waals surface area contributed by atoms with E-state index in [-0.39, 0.29) is 22.6 Å². The molecular weight excluding hydrogens is 911 g/mol. The number of fused-ring (bicyclic) bond motifs is 1. The molecule has 1 heterocycles. The van der Waals surface area contributed by atoms with Gasteiger partial charge >= 0.3 is 0 Å². The standard InChI is InChI=1S/C68H59NO5/c1-66(2,3)62-49-51(63-64(70)60-36-22-23-37-61(60)65(63)71)48-59(74-62)43-40-50-38-41-58(42-39-50)69(44-46-72-67(52-24-10-4-11-25-52,53-26-12-5-13-27-53)54-28-14-6-15-29-54)45-47-73-68(55-30-16-7-17-31-55,56-32-18-8-19-33-56)57-34-20-9-21-35-57/h4-43,48-49H,44-47H2,1-3H3/b43-40+. The monoisotopic (exact) mass is 969 g/mol. The maximum Gasteiger partial charge on any atom is 0.198 e. The third kappa shape index (κ3) is 10.0. The number of Topliss-reactive ketones (excluding diaryl/α,β-unsaturated/α-hetero) is 2. The lowest BCUT2D eigenvalue weighted by Gasteiger charge is -2.38. The number of anilines is 1. The Morgan fingerprint density at radius 2 is 0.784 bits per heavy atom. The zero-order chi connectivity index (χ0) is 51.0. The van der Waals surface area contributed by atoms with Crippen molar-refractivity contribution in [3.05, 3.63) is 321 Å². The molecule has 0 atom stereocenters. The largest absolute Gasteiger partial charge is 0.461 e. The summed E-state index contributed by atoms with van der Waals surface area (Å²) in [5.41, 5.74) is 7.60. The van der Waals surface area contributed by atoms with Crippen molar-refractivity contribution in [2.24, 2.45) is 5.41 Å². The normalized spacial score (nSPS) is 13.9. The Morgan fingerprint density at radius 1 is 0.432 bits per heavy atom. The van der Waals surface area contributed by atoms with Crippen LogP contribution in [0, 0.1) is 5.41 Å². The van der Waals surface area contributed by atoms with Crippen molar-refractivity contribution in [1.29, 1.82) is 0 Å². The number of carbonyl (C=O) groups excluding carboxylic acids is 2. The van der Waals surface area contributed by atoms with Gasteiger partial charge in [0.1, 0.15) is 22.7 Å². The lowest BCUT2D eigenvalue weighted by atomic mass is 9.80. The van der Waals surface area contributed by atoms with E-state index >= 15 is 0 Å². The van der Waals surface area contributed by atoms with Crippen LogP contribution in [0.5, 0.6) is 0 Å². The molecule has 0 aromatic heterocycles. The molecule has 0 bridgehead atoms. The topological polar surface area (TPSA) is 65.1 Å². The zero-order valence-electron chi connectivity index (χ0n) is 42.1. The first-order chi connectivity index (χ1) is 36.1. The minimum Gasteiger partial charge on any atom is -0.461 e. The van der Waals surface area contributed by atoms with Crippen LogP contribution in [0.2, 0.25) is 0 Å². The number of rotatable bonds is 17. The molecular formula is C68H59NO5. The van der Waals surface area contributed by atoms with Crippen molar-refractivity contribution >= 4 is 23.3 Å². The predicted molar refractivity (Wildman–Crippen MR) is 297 cm³/mol. The summed E-state index contributed by atoms with van der Waals surface area (Å²) < 4.78 is 21.2. The van der Waals surface area contributed by atoms with Crippen LogP contribution in [0.1, 0.15) is 80.4 Å². The number of ketones is 2. The number of nitrogens with zero attached hydrogens (tertiary/aromatic N) is 1. The Labute approximate surface area is 435 Å². The molecule has 8 aromatic carbocycles. The molecule has 8 aromatic rings. The van der Waals surface area contributed by atoms with Crippen molar-refractivity contribution in [2.75, 3.05) is 31.2 Å². The van der Waals surface area contributed by atoms with Gasteiger partial charge in [-0.15, -0.1) is 0 Å². The van der Waals surface area contributed by atoms with Gasteiger partial charge < -0.3 is 19.1 Å². The highest BCUT2D eigenvalue weighted by Gasteiger charge is 2.40. The lowest BCUT2D eigenvalue weighted by Crippen LogP contribution is -2.39. The quantitative estimate of drug-likeness (QED) is 0.0515. The molecule has 0 saturated carbocycles. The van der Waals surface area contributed by atoms with Crippen LogP contribution in [0.25, 0.3) is 6.08 Å². The van der Waals surface area contributed by atoms with E-state index in [0.29, 0.717) is 54.5 Å². The molecule has 0 fully saturated rings. The SMILES string of the molecule is CC(C)(C)C1=CC(=C2C(=O)c3ccccc3C2=O)C=C(/C=C/c2ccc(N(CCOC(c3ccccc3)(c3ccccc3)c3ccccc3)CCOC(c3ccccc3)(c3ccccc3)c3ccccc3)cc2)O1. The number of ether oxygens (including phenoxy) is 3. The third-order valence-electron chi connectivity index (χ3n) is 13.9. The Kier molecular flexibility index (Phi) is 14.4. The first-order valence-corrected chi connectivity index (χ1v) is 25.3. The number of hydrogen-bond donors (Lipinski definition) is 0. The smallest absolute Gasteiger partial charge is 0.198 e. The molecule has 0 amide bonds. The fraction of sp³-hybridized carbons (Fsp3) is 0.147. The number of allylic oxidation sites excluding steroid dienone is 6. The van der Waals surface area contributed by atoms with Crippen LogP contribution in [0.15, 0.2) is 271 Å². The van der Waals surface area contributed by atoms with Crippen LogP contribution >= 0.6 is 0 Å². The van der Waals surface area contributed by atoms with Gasteiger partial charge in [0.05, 0.1) is 18.8 Å². The van der Waals surface area contributed by atoms with Crippen molar-refractivity contribution in [1.82, 2.24) is 0 Å². The van der Waals surface area contributed by atoms with Gasteiger partial charge in [0.25, 0.3) is 0 Å². The summed E-state index contributed by atoms with van der Waals surface area (Å²) in [6.45, 7) is 8.01. The molecule has 1 aliphatic carbocycles. The minimum absolute atomic E-state index is 0.168. The summed E-state index contributed by atoms with van der Waals surface area (Å²) in [5, 5.41) is 0. The van der Waals surface area contributed by atoms with Crippen LogP contribution in [-0.4, -0.2) is 37.9 Å². The van der Waals surface area contributed by atoms with E-state index in [1.807, 2.05) is 54.6 Å². The number of carbonyl (C=O) groups is 2. The molecule has 0 radical (unpaired) electrons. The molecule has 0 spiro atoms. The molecule has 0 N–H and O–H groups in total. The highest BCUT2D eigenvalue weighted by molar-refractivity contribution is 6.40. The van der Waals surface area contributed by atoms with Crippen LogP contribution < -0.4 is 4.90 Å². The second-order valence-corrected chi connectivity index (χ2v) is 19.6. The maximum absolute atomic E-state index is 13.6. The molecule has 6 nitrogen and oxygen atoms in total. The maximum atomic E-state index is 13.6. The summed E-state index contributed by atoms with van der Waals surface area (Å²) in [6.07, 6.45) is 7.52. The van der Waals surface area contributed by atoms with E-state index in [0.717, 1.165) is 44.6 Å². The van der Waals surface area contributed by atoms with E-state index in [9.17, 15) is 9.59 Å². The molecule has 6 heteroatoms. The summed E-state index contributed by atoms with van der Waals surface area (Å²) in [4.78, 5) is 29.6. The molecule has 1 aliphatic heterocycles. The van der Waals surface area contributed by atoms with Gasteiger partial charge in [0.2, 0.25) is 0 Å². The summed E-state index contributed by atoms with van der Waals surface area (Å²) in [6, 6.07) is 78.3. The first kappa shape index (κ1) is 49.2. The van der Waals surface area contributed by atoms with Crippen molar-refractivity contribution in [3.63, 3.8) is 0 Å². The second-order valence-electron chi connectivity index (χ2n) is 19.6. The van der Waals surface area contributed by atoms with Gasteiger partial charge in [-0.1, -0.05) is 245 Å². The average Bonchev–Trinajstić information content (AvgIpc) is 3.72. The molecule has 2 aliphatic rings. The van der Waals surface area contributed by atoms with Gasteiger partial charge in [-0.3, -0.25) is 9.59 Å². The third-order valence-corrected chi connectivity index (χ3v) is 13.9. The molecule has 366 valence electrons. The fourth-order valence-corrected chi connectivity index (χ4v) is 10.1. The van der Waals surface area contributed by atoms with E-state index in [2.05, 4.69) is 196 Å². The summed E-state index contributed by atoms with van der Waals surface area (Å²) in [7, 11) is 0. The lowest BCUT2D eigenvalue weighted by molar-refractivity contribution is 0.00967. The van der Waals surface area contributed by atoms with Crippen LogP contribution in [-0.2, 0) is 25.4 Å². The van der Waals surface area contributed by atoms with E-state index < -0.39 is 11.2 Å². The number of hydrogen-bond acceptors (Lipinski definition) is 6. The van der Waals surface area contributed by atoms with Gasteiger partial charge in [0, 0.05) is 35.3 Å². The Bertz CT molecular complexity index is 2980. The summed E-state index contributed by atoms with van der Waals surface area (Å²) >= 11 is 0. The molecule has 10 rings (SSSR count). The van der Waals surface area contributed by atoms with E-state index in [4.69, 9.17) is 14.2 Å². The van der Waals surface area contributed by atoms with Gasteiger partial charge in [-0.05, 0) is 74.9 Å². The minimum atomic E-state index is -0.889. The average molecular weight is 970 g/mol. The molecule has 0 unspecified atom stereocenters. The van der Waals surface area contributed by atoms with Gasteiger partial charge in [-0.25, -0.2) is 0 Å². The Hall–Kier alpha value is -8.42. The highest BCUT2D eigenvalue weighted by Crippen LogP contribution is 2.43. The highest BCUT2D eigenvalue weighted by atomic mass is 16.5. The zero-order valence-corrected chi connectivity index (χ0v) is 42.1. The van der Waals surface area contributed by atoms with Gasteiger partial charge in [-0.2, -0.15) is 0 Å². The van der Waals surface area contributed by atoms with Crippen LogP contribution in [0.4, 0.5) is 5.69 Å². The van der Waals surface area contributed by atoms with Gasteiger partial charge in [0.15, 0.2) is 11.6 Å². The van der Waals surface area contributed by atoms with Crippen LogP contribution in [0.3, 0.4) is 0 Å². The Balaban J connectivity index is 0.982. The fourth-order valence-electron chi connectivity index (χ4n) is 10.1. The second kappa shape index (κ2) is 21.7.